The van der Waals surface area contributed by atoms with Crippen molar-refractivity contribution in [2.45, 2.75) is 63.8 Å². The minimum atomic E-state index is 0.840. The molecule has 0 unspecified atom stereocenters. The molecule has 3 nitrogen and oxygen atoms in total. The molecule has 4 rings (SSSR count). The molecule has 2 heterocycles. The van der Waals surface area contributed by atoms with E-state index in [0.717, 1.165) is 31.4 Å². The van der Waals surface area contributed by atoms with E-state index in [2.05, 4.69) is 28.0 Å². The third-order valence-electron chi connectivity index (χ3n) is 6.13. The summed E-state index contributed by atoms with van der Waals surface area (Å²) in [4.78, 5) is 5.23. The quantitative estimate of drug-likeness (QED) is 0.807. The number of hydrogen-bond acceptors (Lipinski definition) is 3. The molecule has 1 aromatic rings. The second-order valence-corrected chi connectivity index (χ2v) is 7.77. The van der Waals surface area contributed by atoms with Crippen LogP contribution in [0, 0.1) is 0 Å². The maximum absolute atomic E-state index is 6.20. The lowest BCUT2D eigenvalue weighted by molar-refractivity contribution is 0.103. The Balaban J connectivity index is 1.44. The summed E-state index contributed by atoms with van der Waals surface area (Å²) in [6.45, 7) is 5.63. The standard InChI is InChI=1S/C21H32N2O/c1-3-12-22(13-4-1)20-10-11-21-18(17-20)7-2-5-14-23(15-16-24-21)19-8-6-9-19/h10-11,17,19H,1-9,12-16H2. The monoisotopic (exact) mass is 328 g/mol. The van der Waals surface area contributed by atoms with Crippen molar-refractivity contribution in [3.05, 3.63) is 23.8 Å². The zero-order valence-electron chi connectivity index (χ0n) is 15.0. The maximum atomic E-state index is 6.20. The minimum Gasteiger partial charge on any atom is -0.492 e. The topological polar surface area (TPSA) is 15.7 Å². The van der Waals surface area contributed by atoms with E-state index < -0.39 is 0 Å². The number of hydrogen-bond donors (Lipinski definition) is 0. The van der Waals surface area contributed by atoms with Crippen molar-refractivity contribution in [3.8, 4) is 5.75 Å². The van der Waals surface area contributed by atoms with Gasteiger partial charge in [0.25, 0.3) is 0 Å². The fourth-order valence-electron chi connectivity index (χ4n) is 4.38. The van der Waals surface area contributed by atoms with Gasteiger partial charge in [-0.25, -0.2) is 0 Å². The number of anilines is 1. The number of nitrogens with zero attached hydrogens (tertiary/aromatic N) is 2. The normalized spacial score (nSPS) is 23.9. The van der Waals surface area contributed by atoms with Gasteiger partial charge in [0, 0.05) is 31.4 Å². The van der Waals surface area contributed by atoms with Crippen LogP contribution in [0.1, 0.15) is 56.9 Å². The highest BCUT2D eigenvalue weighted by Crippen LogP contribution is 2.30. The molecular formula is C21H32N2O. The lowest BCUT2D eigenvalue weighted by Gasteiger charge is -2.38. The Morgan fingerprint density at radius 2 is 1.67 bits per heavy atom. The third kappa shape index (κ3) is 3.72. The highest BCUT2D eigenvalue weighted by Gasteiger charge is 2.25. The van der Waals surface area contributed by atoms with Gasteiger partial charge < -0.3 is 9.64 Å². The van der Waals surface area contributed by atoms with Crippen LogP contribution < -0.4 is 9.64 Å². The smallest absolute Gasteiger partial charge is 0.122 e. The molecule has 132 valence electrons. The van der Waals surface area contributed by atoms with Gasteiger partial charge in [-0.1, -0.05) is 6.42 Å². The van der Waals surface area contributed by atoms with Crippen LogP contribution in [0.2, 0.25) is 0 Å². The Bertz CT molecular complexity index is 535. The summed E-state index contributed by atoms with van der Waals surface area (Å²) < 4.78 is 6.20. The third-order valence-corrected chi connectivity index (χ3v) is 6.13. The van der Waals surface area contributed by atoms with Gasteiger partial charge >= 0.3 is 0 Å². The zero-order valence-corrected chi connectivity index (χ0v) is 15.0. The van der Waals surface area contributed by atoms with E-state index in [-0.39, 0.29) is 0 Å². The molecule has 0 spiro atoms. The van der Waals surface area contributed by atoms with Crippen LogP contribution in [0.5, 0.6) is 5.75 Å². The average molecular weight is 329 g/mol. The van der Waals surface area contributed by atoms with Gasteiger partial charge in [0.15, 0.2) is 0 Å². The molecule has 2 fully saturated rings. The Morgan fingerprint density at radius 3 is 2.46 bits per heavy atom. The number of piperidine rings is 1. The molecule has 0 bridgehead atoms. The molecule has 0 amide bonds. The van der Waals surface area contributed by atoms with E-state index in [1.54, 1.807) is 0 Å². The minimum absolute atomic E-state index is 0.840. The molecular weight excluding hydrogens is 296 g/mol. The van der Waals surface area contributed by atoms with E-state index in [1.165, 1.54) is 82.3 Å². The SMILES string of the molecule is c1cc2c(cc1N1CCCCC1)CCCCN(C1CCC1)CCO2. The van der Waals surface area contributed by atoms with Crippen LogP contribution in [0.25, 0.3) is 0 Å². The Hall–Kier alpha value is -1.22. The number of aryl methyl sites for hydroxylation is 1. The highest BCUT2D eigenvalue weighted by atomic mass is 16.5. The molecule has 0 aromatic heterocycles. The lowest BCUT2D eigenvalue weighted by Crippen LogP contribution is -2.43. The molecule has 0 radical (unpaired) electrons. The van der Waals surface area contributed by atoms with E-state index in [0.29, 0.717) is 0 Å². The van der Waals surface area contributed by atoms with E-state index in [1.807, 2.05) is 0 Å². The van der Waals surface area contributed by atoms with Crippen molar-refractivity contribution in [1.29, 1.82) is 0 Å². The van der Waals surface area contributed by atoms with Crippen LogP contribution in [0.4, 0.5) is 5.69 Å². The first kappa shape index (κ1) is 16.3. The van der Waals surface area contributed by atoms with Crippen LogP contribution in [-0.2, 0) is 6.42 Å². The van der Waals surface area contributed by atoms with E-state index >= 15 is 0 Å². The van der Waals surface area contributed by atoms with Gasteiger partial charge in [-0.05, 0) is 81.7 Å². The summed E-state index contributed by atoms with van der Waals surface area (Å²) in [6.07, 6.45) is 12.1. The van der Waals surface area contributed by atoms with Gasteiger partial charge in [-0.3, -0.25) is 4.90 Å². The van der Waals surface area contributed by atoms with Crippen molar-refractivity contribution in [2.24, 2.45) is 0 Å². The number of ether oxygens (including phenoxy) is 1. The maximum Gasteiger partial charge on any atom is 0.122 e. The molecule has 1 saturated heterocycles. The number of benzene rings is 1. The van der Waals surface area contributed by atoms with Crippen LogP contribution in [0.3, 0.4) is 0 Å². The summed E-state index contributed by atoms with van der Waals surface area (Å²) >= 11 is 0. The summed E-state index contributed by atoms with van der Waals surface area (Å²) in [5.74, 6) is 1.13. The fourth-order valence-corrected chi connectivity index (χ4v) is 4.38. The molecule has 1 aliphatic carbocycles. The molecule has 3 heteroatoms. The molecule has 3 aliphatic rings. The van der Waals surface area contributed by atoms with Gasteiger partial charge in [0.2, 0.25) is 0 Å². The number of fused-ring (bicyclic) bond motifs is 1. The largest absolute Gasteiger partial charge is 0.492 e. The highest BCUT2D eigenvalue weighted by molar-refractivity contribution is 5.53. The summed E-state index contributed by atoms with van der Waals surface area (Å²) in [5.41, 5.74) is 2.83. The first-order valence-electron chi connectivity index (χ1n) is 10.1. The Kier molecular flexibility index (Phi) is 5.27. The Labute approximate surface area is 147 Å². The Morgan fingerprint density at radius 1 is 0.833 bits per heavy atom. The van der Waals surface area contributed by atoms with Crippen molar-refractivity contribution in [3.63, 3.8) is 0 Å². The molecule has 2 aliphatic heterocycles. The molecule has 1 saturated carbocycles. The van der Waals surface area contributed by atoms with Crippen LogP contribution in [-0.4, -0.2) is 43.7 Å². The summed E-state index contributed by atoms with van der Waals surface area (Å²) in [5, 5.41) is 0. The predicted octanol–water partition coefficient (Wildman–Crippen LogP) is 4.25. The van der Waals surface area contributed by atoms with Crippen LogP contribution >= 0.6 is 0 Å². The van der Waals surface area contributed by atoms with Gasteiger partial charge in [-0.15, -0.1) is 0 Å². The average Bonchev–Trinajstić information content (AvgIpc) is 2.59. The molecule has 24 heavy (non-hydrogen) atoms. The molecule has 0 N–H and O–H groups in total. The van der Waals surface area contributed by atoms with Gasteiger partial charge in [0.05, 0.1) is 0 Å². The first-order valence-corrected chi connectivity index (χ1v) is 10.1. The molecule has 0 atom stereocenters. The summed E-state index contributed by atoms with van der Waals surface area (Å²) in [7, 11) is 0. The van der Waals surface area contributed by atoms with Crippen LogP contribution in [0.15, 0.2) is 18.2 Å². The second kappa shape index (κ2) is 7.77. The van der Waals surface area contributed by atoms with Crippen molar-refractivity contribution < 1.29 is 4.74 Å². The van der Waals surface area contributed by atoms with E-state index in [9.17, 15) is 0 Å². The first-order chi connectivity index (χ1) is 11.9. The number of rotatable bonds is 2. The fraction of sp³-hybridized carbons (Fsp3) is 0.714. The second-order valence-electron chi connectivity index (χ2n) is 7.77. The van der Waals surface area contributed by atoms with Crippen molar-refractivity contribution >= 4 is 5.69 Å². The zero-order chi connectivity index (χ0) is 16.2. The van der Waals surface area contributed by atoms with Crippen molar-refractivity contribution in [1.82, 2.24) is 4.90 Å². The van der Waals surface area contributed by atoms with E-state index in [4.69, 9.17) is 4.74 Å². The van der Waals surface area contributed by atoms with Gasteiger partial charge in [-0.2, -0.15) is 0 Å². The van der Waals surface area contributed by atoms with Gasteiger partial charge in [0.1, 0.15) is 12.4 Å². The van der Waals surface area contributed by atoms with Crippen molar-refractivity contribution in [2.75, 3.05) is 37.7 Å². The lowest BCUT2D eigenvalue weighted by atomic mass is 9.91. The predicted molar refractivity (Wildman–Crippen MR) is 100 cm³/mol. The summed E-state index contributed by atoms with van der Waals surface area (Å²) in [6, 6.07) is 7.76. The molecule has 1 aromatic carbocycles.